The molecule has 4 nitrogen and oxygen atoms in total. The van der Waals surface area contributed by atoms with Crippen molar-refractivity contribution in [2.75, 3.05) is 13.1 Å². The van der Waals surface area contributed by atoms with Gasteiger partial charge in [-0.1, -0.05) is 13.3 Å². The van der Waals surface area contributed by atoms with Crippen LogP contribution in [0.1, 0.15) is 26.7 Å². The van der Waals surface area contributed by atoms with Gasteiger partial charge in [0.2, 0.25) is 0 Å². The van der Waals surface area contributed by atoms with E-state index >= 15 is 0 Å². The topological polar surface area (TPSA) is 61.4 Å². The van der Waals surface area contributed by atoms with E-state index in [2.05, 4.69) is 17.6 Å². The molecule has 0 aliphatic rings. The molecular formula is C8H18N2O2. The van der Waals surface area contributed by atoms with Gasteiger partial charge in [0.1, 0.15) is 0 Å². The molecule has 0 bridgehead atoms. The number of carbonyl (C=O) groups is 1. The molecule has 72 valence electrons. The lowest BCUT2D eigenvalue weighted by Gasteiger charge is -2.07. The average Bonchev–Trinajstić information content (AvgIpc) is 2.01. The molecule has 0 spiro atoms. The first-order valence-corrected chi connectivity index (χ1v) is 4.36. The van der Waals surface area contributed by atoms with Crippen LogP contribution in [0.15, 0.2) is 0 Å². The second-order valence-corrected chi connectivity index (χ2v) is 2.84. The van der Waals surface area contributed by atoms with Crippen LogP contribution >= 0.6 is 0 Å². The molecule has 3 N–H and O–H groups in total. The van der Waals surface area contributed by atoms with Gasteiger partial charge >= 0.3 is 6.03 Å². The normalized spacial score (nSPS) is 12.2. The molecule has 0 radical (unpaired) electrons. The van der Waals surface area contributed by atoms with E-state index in [4.69, 9.17) is 5.11 Å². The zero-order valence-corrected chi connectivity index (χ0v) is 7.76. The molecule has 1 atom stereocenters. The largest absolute Gasteiger partial charge is 0.392 e. The number of aliphatic hydroxyl groups is 1. The van der Waals surface area contributed by atoms with Crippen molar-refractivity contribution in [1.29, 1.82) is 0 Å². The molecule has 0 heterocycles. The van der Waals surface area contributed by atoms with Gasteiger partial charge in [0, 0.05) is 13.1 Å². The predicted molar refractivity (Wildman–Crippen MR) is 48.0 cm³/mol. The summed E-state index contributed by atoms with van der Waals surface area (Å²) in [7, 11) is 0. The summed E-state index contributed by atoms with van der Waals surface area (Å²) in [5.41, 5.74) is 0. The molecule has 4 heteroatoms. The van der Waals surface area contributed by atoms with Gasteiger partial charge in [0.05, 0.1) is 6.10 Å². The molecule has 0 aromatic heterocycles. The summed E-state index contributed by atoms with van der Waals surface area (Å²) >= 11 is 0. The van der Waals surface area contributed by atoms with Gasteiger partial charge in [0.25, 0.3) is 0 Å². The van der Waals surface area contributed by atoms with Crippen molar-refractivity contribution >= 4 is 6.03 Å². The highest BCUT2D eigenvalue weighted by atomic mass is 16.3. The van der Waals surface area contributed by atoms with Gasteiger partial charge in [-0.3, -0.25) is 0 Å². The Morgan fingerprint density at radius 1 is 1.50 bits per heavy atom. The second kappa shape index (κ2) is 6.91. The SMILES string of the molecule is CCCCNC(=O)NC[C@H](C)O. The number of amides is 2. The van der Waals surface area contributed by atoms with Crippen molar-refractivity contribution in [2.24, 2.45) is 0 Å². The van der Waals surface area contributed by atoms with Crippen LogP contribution in [-0.4, -0.2) is 30.3 Å². The first-order chi connectivity index (χ1) is 5.66. The van der Waals surface area contributed by atoms with E-state index in [0.29, 0.717) is 13.1 Å². The summed E-state index contributed by atoms with van der Waals surface area (Å²) in [6.07, 6.45) is 1.57. The van der Waals surface area contributed by atoms with Crippen LogP contribution in [0.4, 0.5) is 4.79 Å². The number of carbonyl (C=O) groups excluding carboxylic acids is 1. The van der Waals surface area contributed by atoms with Crippen molar-refractivity contribution in [1.82, 2.24) is 10.6 Å². The molecule has 0 aromatic rings. The lowest BCUT2D eigenvalue weighted by molar-refractivity contribution is 0.187. The highest BCUT2D eigenvalue weighted by Crippen LogP contribution is 1.82. The first-order valence-electron chi connectivity index (χ1n) is 4.36. The minimum atomic E-state index is -0.484. The molecule has 0 aliphatic carbocycles. The molecule has 0 unspecified atom stereocenters. The molecule has 0 fully saturated rings. The Balaban J connectivity index is 3.22. The molecule has 0 rings (SSSR count). The Morgan fingerprint density at radius 2 is 2.17 bits per heavy atom. The van der Waals surface area contributed by atoms with Gasteiger partial charge in [-0.2, -0.15) is 0 Å². The molecule has 0 saturated heterocycles. The average molecular weight is 174 g/mol. The molecule has 0 aliphatic heterocycles. The zero-order valence-electron chi connectivity index (χ0n) is 7.76. The maximum Gasteiger partial charge on any atom is 0.314 e. The summed E-state index contributed by atoms with van der Waals surface area (Å²) in [4.78, 5) is 10.9. The number of nitrogens with one attached hydrogen (secondary N) is 2. The molecule has 0 saturated carbocycles. The standard InChI is InChI=1S/C8H18N2O2/c1-3-4-5-9-8(12)10-6-7(2)11/h7,11H,3-6H2,1-2H3,(H2,9,10,12)/t7-/m0/s1. The van der Waals surface area contributed by atoms with Crippen LogP contribution in [-0.2, 0) is 0 Å². The number of urea groups is 1. The van der Waals surface area contributed by atoms with Crippen LogP contribution < -0.4 is 10.6 Å². The van der Waals surface area contributed by atoms with E-state index in [0.717, 1.165) is 12.8 Å². The highest BCUT2D eigenvalue weighted by Gasteiger charge is 1.99. The fraction of sp³-hybridized carbons (Fsp3) is 0.875. The number of aliphatic hydroxyl groups excluding tert-OH is 1. The van der Waals surface area contributed by atoms with Gasteiger partial charge < -0.3 is 15.7 Å². The summed E-state index contributed by atoms with van der Waals surface area (Å²) in [6, 6.07) is -0.204. The van der Waals surface area contributed by atoms with E-state index < -0.39 is 6.10 Å². The van der Waals surface area contributed by atoms with Crippen LogP contribution in [0, 0.1) is 0 Å². The van der Waals surface area contributed by atoms with Gasteiger partial charge in [-0.15, -0.1) is 0 Å². The number of hydrogen-bond acceptors (Lipinski definition) is 2. The maximum atomic E-state index is 10.9. The fourth-order valence-electron chi connectivity index (χ4n) is 0.682. The Bertz CT molecular complexity index is 126. The molecule has 2 amide bonds. The van der Waals surface area contributed by atoms with Crippen molar-refractivity contribution in [2.45, 2.75) is 32.8 Å². The van der Waals surface area contributed by atoms with Crippen LogP contribution in [0.25, 0.3) is 0 Å². The van der Waals surface area contributed by atoms with Crippen molar-refractivity contribution in [3.63, 3.8) is 0 Å². The minimum Gasteiger partial charge on any atom is -0.392 e. The second-order valence-electron chi connectivity index (χ2n) is 2.84. The molecule has 0 aromatic carbocycles. The van der Waals surface area contributed by atoms with Crippen LogP contribution in [0.2, 0.25) is 0 Å². The predicted octanol–water partition coefficient (Wildman–Crippen LogP) is 0.466. The first kappa shape index (κ1) is 11.2. The van der Waals surface area contributed by atoms with E-state index in [-0.39, 0.29) is 6.03 Å². The van der Waals surface area contributed by atoms with Gasteiger partial charge in [0.15, 0.2) is 0 Å². The van der Waals surface area contributed by atoms with E-state index in [1.165, 1.54) is 0 Å². The summed E-state index contributed by atoms with van der Waals surface area (Å²) in [6.45, 7) is 4.70. The third-order valence-electron chi connectivity index (χ3n) is 1.37. The summed E-state index contributed by atoms with van der Waals surface area (Å²) < 4.78 is 0. The van der Waals surface area contributed by atoms with Crippen molar-refractivity contribution in [3.05, 3.63) is 0 Å². The molecular weight excluding hydrogens is 156 g/mol. The van der Waals surface area contributed by atoms with E-state index in [1.807, 2.05) is 0 Å². The lowest BCUT2D eigenvalue weighted by atomic mass is 10.3. The molecule has 12 heavy (non-hydrogen) atoms. The fourth-order valence-corrected chi connectivity index (χ4v) is 0.682. The maximum absolute atomic E-state index is 10.9. The Kier molecular flexibility index (Phi) is 6.47. The van der Waals surface area contributed by atoms with Crippen molar-refractivity contribution in [3.8, 4) is 0 Å². The third kappa shape index (κ3) is 7.34. The Labute approximate surface area is 73.3 Å². The summed E-state index contributed by atoms with van der Waals surface area (Å²) in [5, 5.41) is 14.0. The third-order valence-corrected chi connectivity index (χ3v) is 1.37. The summed E-state index contributed by atoms with van der Waals surface area (Å²) in [5.74, 6) is 0. The van der Waals surface area contributed by atoms with Gasteiger partial charge in [-0.25, -0.2) is 4.79 Å². The smallest absolute Gasteiger partial charge is 0.314 e. The van der Waals surface area contributed by atoms with E-state index in [1.54, 1.807) is 6.92 Å². The quantitative estimate of drug-likeness (QED) is 0.530. The highest BCUT2D eigenvalue weighted by molar-refractivity contribution is 5.73. The Morgan fingerprint density at radius 3 is 2.67 bits per heavy atom. The zero-order chi connectivity index (χ0) is 9.40. The van der Waals surface area contributed by atoms with Gasteiger partial charge in [-0.05, 0) is 13.3 Å². The van der Waals surface area contributed by atoms with Crippen LogP contribution in [0.5, 0.6) is 0 Å². The minimum absolute atomic E-state index is 0.204. The van der Waals surface area contributed by atoms with Crippen molar-refractivity contribution < 1.29 is 9.90 Å². The van der Waals surface area contributed by atoms with E-state index in [9.17, 15) is 4.79 Å². The number of hydrogen-bond donors (Lipinski definition) is 3. The monoisotopic (exact) mass is 174 g/mol. The lowest BCUT2D eigenvalue weighted by Crippen LogP contribution is -2.39. The Hall–Kier alpha value is -0.770. The number of rotatable bonds is 5. The number of unbranched alkanes of at least 4 members (excludes halogenated alkanes) is 1. The van der Waals surface area contributed by atoms with Crippen LogP contribution in [0.3, 0.4) is 0 Å².